The SMILES string of the molecule is c1ccc2c(c1)oc1ccc(-c3ccc4c5ccccc5n(-c5ccc6cc(-c7cc(-n8c9ccccc9c9ccc(-c%10ccc%11oc%12ccccc%12c%11c%10)cc98)nc(-n8c9ccccc9c9ccc(-c%10ccc%11oc%12ccccc%12c%11c%10)cc98)n7)ccc6c5)c4c3)cc12. The Labute approximate surface area is 535 Å². The first-order valence-electron chi connectivity index (χ1n) is 31.8. The van der Waals surface area contributed by atoms with Crippen molar-refractivity contribution >= 4 is 142 Å². The number of hydrogen-bond acceptors (Lipinski definition) is 5. The van der Waals surface area contributed by atoms with Crippen LogP contribution in [0.4, 0.5) is 0 Å². The van der Waals surface area contributed by atoms with E-state index in [4.69, 9.17) is 23.2 Å². The van der Waals surface area contributed by atoms with E-state index in [0.717, 1.165) is 187 Å². The molecule has 0 fully saturated rings. The zero-order valence-electron chi connectivity index (χ0n) is 50.3. The minimum absolute atomic E-state index is 0.561. The van der Waals surface area contributed by atoms with Crippen molar-refractivity contribution in [3.8, 4) is 62.1 Å². The highest BCUT2D eigenvalue weighted by Crippen LogP contribution is 2.43. The van der Waals surface area contributed by atoms with Gasteiger partial charge in [-0.3, -0.25) is 9.13 Å². The van der Waals surface area contributed by atoms with Gasteiger partial charge in [0.1, 0.15) is 39.3 Å². The first kappa shape index (κ1) is 51.0. The molecule has 94 heavy (non-hydrogen) atoms. The smallest absolute Gasteiger partial charge is 0.237 e. The summed E-state index contributed by atoms with van der Waals surface area (Å²) >= 11 is 0. The minimum atomic E-state index is 0.561. The number of nitrogens with zero attached hydrogens (tertiary/aromatic N) is 5. The van der Waals surface area contributed by atoms with Gasteiger partial charge in [0.05, 0.1) is 38.8 Å². The number of benzene rings is 14. The third kappa shape index (κ3) is 7.56. The molecule has 0 bridgehead atoms. The second-order valence-corrected chi connectivity index (χ2v) is 24.8. The van der Waals surface area contributed by atoms with Gasteiger partial charge in [0.2, 0.25) is 5.95 Å². The van der Waals surface area contributed by atoms with Gasteiger partial charge in [-0.2, -0.15) is 4.98 Å². The molecule has 8 nitrogen and oxygen atoms in total. The average Bonchev–Trinajstić information content (AvgIpc) is 1.58. The maximum absolute atomic E-state index is 6.31. The van der Waals surface area contributed by atoms with Crippen LogP contribution < -0.4 is 0 Å². The highest BCUT2D eigenvalue weighted by Gasteiger charge is 2.23. The predicted molar refractivity (Wildman–Crippen MR) is 386 cm³/mol. The molecule has 0 aliphatic carbocycles. The molecule has 7 heterocycles. The minimum Gasteiger partial charge on any atom is -0.456 e. The largest absolute Gasteiger partial charge is 0.456 e. The normalized spacial score (nSPS) is 12.3. The van der Waals surface area contributed by atoms with E-state index in [2.05, 4.69) is 275 Å². The number of fused-ring (bicyclic) bond motifs is 19. The van der Waals surface area contributed by atoms with Gasteiger partial charge in [-0.1, -0.05) is 182 Å². The summed E-state index contributed by atoms with van der Waals surface area (Å²) in [7, 11) is 0. The van der Waals surface area contributed by atoms with Crippen molar-refractivity contribution in [1.82, 2.24) is 23.7 Å². The molecular weight excluding hydrogens is 1150 g/mol. The molecule has 0 spiro atoms. The fraction of sp³-hybridized carbons (Fsp3) is 0. The van der Waals surface area contributed by atoms with Crippen molar-refractivity contribution in [2.24, 2.45) is 0 Å². The maximum Gasteiger partial charge on any atom is 0.237 e. The van der Waals surface area contributed by atoms with Gasteiger partial charge in [0.25, 0.3) is 0 Å². The van der Waals surface area contributed by atoms with Crippen LogP contribution in [-0.4, -0.2) is 23.7 Å². The van der Waals surface area contributed by atoms with E-state index in [0.29, 0.717) is 5.95 Å². The number of aromatic nitrogens is 5. The van der Waals surface area contributed by atoms with Gasteiger partial charge in [0, 0.05) is 82.0 Å². The first-order chi connectivity index (χ1) is 46.5. The Bertz CT molecular complexity index is 6580. The van der Waals surface area contributed by atoms with Crippen LogP contribution in [0.15, 0.2) is 311 Å². The van der Waals surface area contributed by atoms with Gasteiger partial charge >= 0.3 is 0 Å². The van der Waals surface area contributed by atoms with Gasteiger partial charge in [-0.25, -0.2) is 4.98 Å². The van der Waals surface area contributed by atoms with Crippen LogP contribution in [0.2, 0.25) is 0 Å². The second kappa shape index (κ2) is 19.4. The van der Waals surface area contributed by atoms with Crippen LogP contribution in [0.25, 0.3) is 204 Å². The fourth-order valence-corrected chi connectivity index (χ4v) is 15.2. The van der Waals surface area contributed by atoms with Gasteiger partial charge in [0.15, 0.2) is 0 Å². The molecule has 0 unspecified atom stereocenters. The Balaban J connectivity index is 0.754. The molecule has 0 amide bonds. The summed E-state index contributed by atoms with van der Waals surface area (Å²) in [6.45, 7) is 0. The summed E-state index contributed by atoms with van der Waals surface area (Å²) in [5.41, 5.74) is 21.1. The maximum atomic E-state index is 6.31. The number of para-hydroxylation sites is 6. The van der Waals surface area contributed by atoms with Crippen molar-refractivity contribution in [3.05, 3.63) is 297 Å². The van der Waals surface area contributed by atoms with Gasteiger partial charge in [-0.05, 0) is 153 Å². The van der Waals surface area contributed by atoms with E-state index >= 15 is 0 Å². The molecule has 0 N–H and O–H groups in total. The zero-order valence-corrected chi connectivity index (χ0v) is 50.3. The Morgan fingerprint density at radius 3 is 1.06 bits per heavy atom. The first-order valence-corrected chi connectivity index (χ1v) is 31.8. The molecule has 0 atom stereocenters. The van der Waals surface area contributed by atoms with E-state index in [1.165, 1.54) is 10.8 Å². The number of furan rings is 3. The van der Waals surface area contributed by atoms with Crippen LogP contribution in [0.3, 0.4) is 0 Å². The quantitative estimate of drug-likeness (QED) is 0.159. The predicted octanol–water partition coefficient (Wildman–Crippen LogP) is 23.3. The molecule has 0 aliphatic heterocycles. The molecule has 436 valence electrons. The summed E-state index contributed by atoms with van der Waals surface area (Å²) in [6, 6.07) is 107. The van der Waals surface area contributed by atoms with Crippen LogP contribution >= 0.6 is 0 Å². The third-order valence-electron chi connectivity index (χ3n) is 19.7. The van der Waals surface area contributed by atoms with Crippen molar-refractivity contribution in [2.75, 3.05) is 0 Å². The van der Waals surface area contributed by atoms with Gasteiger partial charge < -0.3 is 17.8 Å². The molecule has 21 aromatic rings. The molecule has 0 saturated heterocycles. The van der Waals surface area contributed by atoms with Crippen LogP contribution in [0.1, 0.15) is 0 Å². The Kier molecular flexibility index (Phi) is 10.5. The molecule has 0 aliphatic rings. The van der Waals surface area contributed by atoms with E-state index in [1.54, 1.807) is 0 Å². The summed E-state index contributed by atoms with van der Waals surface area (Å²) < 4.78 is 25.9. The molecule has 7 aromatic heterocycles. The monoisotopic (exact) mass is 1200 g/mol. The lowest BCUT2D eigenvalue weighted by atomic mass is 10.0. The summed E-state index contributed by atoms with van der Waals surface area (Å²) in [5.74, 6) is 1.31. The van der Waals surface area contributed by atoms with Crippen molar-refractivity contribution in [1.29, 1.82) is 0 Å². The van der Waals surface area contributed by atoms with Crippen molar-refractivity contribution in [2.45, 2.75) is 0 Å². The molecule has 0 saturated carbocycles. The molecular formula is C86H49N5O3. The molecule has 0 radical (unpaired) electrons. The lowest BCUT2D eigenvalue weighted by Gasteiger charge is -2.15. The van der Waals surface area contributed by atoms with E-state index in [-0.39, 0.29) is 0 Å². The van der Waals surface area contributed by atoms with Crippen molar-refractivity contribution in [3.63, 3.8) is 0 Å². The zero-order chi connectivity index (χ0) is 61.3. The Hall–Kier alpha value is -12.8. The fourth-order valence-electron chi connectivity index (χ4n) is 15.2. The average molecular weight is 1200 g/mol. The molecule has 21 rings (SSSR count). The highest BCUT2D eigenvalue weighted by atomic mass is 16.3. The Morgan fingerprint density at radius 2 is 0.564 bits per heavy atom. The lowest BCUT2D eigenvalue weighted by Crippen LogP contribution is -2.07. The second-order valence-electron chi connectivity index (χ2n) is 24.8. The summed E-state index contributed by atoms with van der Waals surface area (Å²) in [6.07, 6.45) is 0. The Morgan fingerprint density at radius 1 is 0.213 bits per heavy atom. The van der Waals surface area contributed by atoms with Crippen LogP contribution in [0, 0.1) is 0 Å². The summed E-state index contributed by atoms with van der Waals surface area (Å²) in [4.78, 5) is 11.5. The molecule has 8 heteroatoms. The van der Waals surface area contributed by atoms with E-state index in [9.17, 15) is 0 Å². The van der Waals surface area contributed by atoms with E-state index < -0.39 is 0 Å². The number of rotatable bonds is 7. The molecule has 14 aromatic carbocycles. The van der Waals surface area contributed by atoms with E-state index in [1.807, 2.05) is 36.4 Å². The highest BCUT2D eigenvalue weighted by molar-refractivity contribution is 6.15. The van der Waals surface area contributed by atoms with Crippen LogP contribution in [0.5, 0.6) is 0 Å². The lowest BCUT2D eigenvalue weighted by molar-refractivity contribution is 0.668. The standard InChI is InChI=1S/C86H49N5O3/c1-7-19-73-60(13-1)63-35-28-55(52-31-38-82-69(43-52)66-16-4-10-22-79(66)92-82)46-76(63)89(73)59-34-27-50-41-58(26-25-51(50)42-59)72-49-85(90-74-20-8-2-14-61(74)64-36-29-56(47-77(64)90)53-32-39-83-70(44-53)67-17-5-11-23-80(67)93-83)88-86(87-72)91-75-21-9-3-15-62(75)65-37-30-57(48-78(65)91)54-33-40-84-71(45-54)68-18-6-12-24-81(68)94-84/h1-49H. The summed E-state index contributed by atoms with van der Waals surface area (Å²) in [5, 5.41) is 15.7. The number of hydrogen-bond donors (Lipinski definition) is 0. The topological polar surface area (TPSA) is 80.0 Å². The third-order valence-corrected chi connectivity index (χ3v) is 19.7. The van der Waals surface area contributed by atoms with Crippen LogP contribution in [-0.2, 0) is 0 Å². The van der Waals surface area contributed by atoms with Crippen molar-refractivity contribution < 1.29 is 13.3 Å². The van der Waals surface area contributed by atoms with Gasteiger partial charge in [-0.15, -0.1) is 0 Å².